The lowest BCUT2D eigenvalue weighted by molar-refractivity contribution is 0.269. The highest BCUT2D eigenvalue weighted by molar-refractivity contribution is 5.59. The summed E-state index contributed by atoms with van der Waals surface area (Å²) < 4.78 is 0. The van der Waals surface area contributed by atoms with Crippen molar-refractivity contribution in [1.82, 2.24) is 14.8 Å². The molecule has 0 amide bonds. The first kappa shape index (κ1) is 17.0. The molecule has 1 aromatic heterocycles. The number of piperazine rings is 2. The average molecular weight is 328 g/mol. The van der Waals surface area contributed by atoms with Crippen LogP contribution in [0.25, 0.3) is 0 Å². The molecule has 2 aliphatic rings. The van der Waals surface area contributed by atoms with E-state index in [1.165, 1.54) is 0 Å². The van der Waals surface area contributed by atoms with E-state index in [9.17, 15) is 5.26 Å². The molecule has 3 rings (SSSR count). The van der Waals surface area contributed by atoms with Crippen LogP contribution in [-0.4, -0.2) is 80.2 Å². The van der Waals surface area contributed by atoms with Gasteiger partial charge in [-0.3, -0.25) is 0 Å². The summed E-state index contributed by atoms with van der Waals surface area (Å²) in [4.78, 5) is 14.4. The van der Waals surface area contributed by atoms with E-state index in [1.807, 2.05) is 12.1 Å². The normalized spacial score (nSPS) is 20.2. The van der Waals surface area contributed by atoms with Crippen molar-refractivity contribution in [1.29, 1.82) is 5.26 Å². The Kier molecular flexibility index (Phi) is 5.54. The molecule has 2 aliphatic heterocycles. The van der Waals surface area contributed by atoms with E-state index in [4.69, 9.17) is 4.98 Å². The number of aromatic nitrogens is 1. The highest BCUT2D eigenvalue weighted by Gasteiger charge is 2.22. The lowest BCUT2D eigenvalue weighted by Gasteiger charge is -2.37. The molecule has 2 saturated heterocycles. The average Bonchev–Trinajstić information content (AvgIpc) is 2.67. The minimum absolute atomic E-state index is 0.691. The topological polar surface area (TPSA) is 49.6 Å². The first-order chi connectivity index (χ1) is 11.7. The smallest absolute Gasteiger partial charge is 0.149 e. The zero-order chi connectivity index (χ0) is 16.9. The number of nitriles is 1. The van der Waals surface area contributed by atoms with E-state index in [0.29, 0.717) is 5.56 Å². The number of hydrogen-bond acceptors (Lipinski definition) is 6. The van der Waals surface area contributed by atoms with Gasteiger partial charge in [0.25, 0.3) is 0 Å². The highest BCUT2D eigenvalue weighted by Crippen LogP contribution is 2.24. The minimum atomic E-state index is 0.691. The van der Waals surface area contributed by atoms with Gasteiger partial charge in [0, 0.05) is 52.4 Å². The van der Waals surface area contributed by atoms with Crippen molar-refractivity contribution < 1.29 is 0 Å². The summed E-state index contributed by atoms with van der Waals surface area (Å²) in [5.41, 5.74) is 0.691. The summed E-state index contributed by atoms with van der Waals surface area (Å²) in [6.07, 6.45) is 0. The molecule has 0 N–H and O–H groups in total. The highest BCUT2D eigenvalue weighted by atomic mass is 15.3. The van der Waals surface area contributed by atoms with Crippen LogP contribution in [0.1, 0.15) is 19.4 Å². The van der Waals surface area contributed by atoms with Gasteiger partial charge < -0.3 is 19.6 Å². The Morgan fingerprint density at radius 3 is 1.92 bits per heavy atom. The summed E-state index contributed by atoms with van der Waals surface area (Å²) in [7, 11) is 0. The number of likely N-dealkylation sites (N-methyl/N-ethyl adjacent to an activating group) is 2. The van der Waals surface area contributed by atoms with Gasteiger partial charge in [-0.05, 0) is 25.2 Å². The molecule has 0 aromatic carbocycles. The molecule has 0 saturated carbocycles. The SMILES string of the molecule is CCN1CCN(c2ccc(C#N)c(N3CCN(CC)CC3)n2)CC1. The predicted octanol–water partition coefficient (Wildman–Crippen LogP) is 1.24. The van der Waals surface area contributed by atoms with E-state index in [1.54, 1.807) is 0 Å². The molecular weight excluding hydrogens is 300 g/mol. The second-order valence-corrected chi connectivity index (χ2v) is 6.50. The Labute approximate surface area is 145 Å². The van der Waals surface area contributed by atoms with Gasteiger partial charge in [0.15, 0.2) is 0 Å². The molecule has 6 nitrogen and oxygen atoms in total. The largest absolute Gasteiger partial charge is 0.354 e. The zero-order valence-corrected chi connectivity index (χ0v) is 14.9. The molecule has 0 radical (unpaired) electrons. The van der Waals surface area contributed by atoms with Crippen LogP contribution in [0.4, 0.5) is 11.6 Å². The maximum Gasteiger partial charge on any atom is 0.149 e. The fraction of sp³-hybridized carbons (Fsp3) is 0.667. The van der Waals surface area contributed by atoms with Crippen LogP contribution < -0.4 is 9.80 Å². The Morgan fingerprint density at radius 2 is 1.42 bits per heavy atom. The fourth-order valence-corrected chi connectivity index (χ4v) is 3.51. The monoisotopic (exact) mass is 328 g/mol. The Balaban J connectivity index is 1.75. The van der Waals surface area contributed by atoms with Crippen molar-refractivity contribution in [2.75, 3.05) is 75.2 Å². The molecule has 0 atom stereocenters. The number of nitrogens with zero attached hydrogens (tertiary/aromatic N) is 6. The van der Waals surface area contributed by atoms with Crippen LogP contribution in [0.3, 0.4) is 0 Å². The van der Waals surface area contributed by atoms with Crippen molar-refractivity contribution in [3.63, 3.8) is 0 Å². The molecule has 1 aromatic rings. The summed E-state index contributed by atoms with van der Waals surface area (Å²) in [5.74, 6) is 1.88. The molecule has 3 heterocycles. The molecule has 24 heavy (non-hydrogen) atoms. The van der Waals surface area contributed by atoms with Crippen LogP contribution >= 0.6 is 0 Å². The number of rotatable bonds is 4. The van der Waals surface area contributed by atoms with E-state index in [0.717, 1.165) is 77.1 Å². The summed E-state index contributed by atoms with van der Waals surface area (Å²) in [6.45, 7) is 14.8. The lowest BCUT2D eigenvalue weighted by atomic mass is 10.2. The van der Waals surface area contributed by atoms with Gasteiger partial charge in [0.2, 0.25) is 0 Å². The number of hydrogen-bond donors (Lipinski definition) is 0. The van der Waals surface area contributed by atoms with Crippen LogP contribution in [-0.2, 0) is 0 Å². The first-order valence-electron chi connectivity index (χ1n) is 9.11. The van der Waals surface area contributed by atoms with Gasteiger partial charge in [-0.2, -0.15) is 5.26 Å². The molecule has 0 aliphatic carbocycles. The van der Waals surface area contributed by atoms with Gasteiger partial charge in [-0.15, -0.1) is 0 Å². The Hall–Kier alpha value is -1.84. The van der Waals surface area contributed by atoms with Crippen molar-refractivity contribution in [3.8, 4) is 6.07 Å². The summed E-state index contributed by atoms with van der Waals surface area (Å²) in [6, 6.07) is 6.27. The van der Waals surface area contributed by atoms with Crippen molar-refractivity contribution in [2.24, 2.45) is 0 Å². The molecule has 130 valence electrons. The van der Waals surface area contributed by atoms with Gasteiger partial charge in [-0.1, -0.05) is 13.8 Å². The van der Waals surface area contributed by atoms with Crippen molar-refractivity contribution >= 4 is 11.6 Å². The second-order valence-electron chi connectivity index (χ2n) is 6.50. The van der Waals surface area contributed by atoms with E-state index in [2.05, 4.69) is 39.5 Å². The minimum Gasteiger partial charge on any atom is -0.354 e. The van der Waals surface area contributed by atoms with Crippen LogP contribution in [0, 0.1) is 11.3 Å². The maximum absolute atomic E-state index is 9.47. The number of anilines is 2. The Bertz CT molecular complexity index is 580. The third kappa shape index (κ3) is 3.63. The third-order valence-electron chi connectivity index (χ3n) is 5.24. The number of pyridine rings is 1. The van der Waals surface area contributed by atoms with E-state index < -0.39 is 0 Å². The zero-order valence-electron chi connectivity index (χ0n) is 14.9. The molecular formula is C18H28N6. The fourth-order valence-electron chi connectivity index (χ4n) is 3.51. The predicted molar refractivity (Wildman–Crippen MR) is 97.6 cm³/mol. The maximum atomic E-state index is 9.47. The first-order valence-corrected chi connectivity index (χ1v) is 9.11. The molecule has 0 unspecified atom stereocenters. The molecule has 6 heteroatoms. The summed E-state index contributed by atoms with van der Waals surface area (Å²) in [5, 5.41) is 9.47. The molecule has 2 fully saturated rings. The van der Waals surface area contributed by atoms with Crippen LogP contribution in [0.15, 0.2) is 12.1 Å². The van der Waals surface area contributed by atoms with E-state index in [-0.39, 0.29) is 0 Å². The third-order valence-corrected chi connectivity index (χ3v) is 5.24. The standard InChI is InChI=1S/C18H28N6/c1-3-21-7-11-23(12-8-21)17-6-5-16(15-19)18(20-17)24-13-9-22(4-2)10-14-24/h5-6H,3-4,7-14H2,1-2H3. The molecule has 0 spiro atoms. The lowest BCUT2D eigenvalue weighted by Crippen LogP contribution is -2.47. The van der Waals surface area contributed by atoms with Gasteiger partial charge in [0.1, 0.15) is 17.7 Å². The van der Waals surface area contributed by atoms with Crippen LogP contribution in [0.5, 0.6) is 0 Å². The van der Waals surface area contributed by atoms with E-state index >= 15 is 0 Å². The summed E-state index contributed by atoms with van der Waals surface area (Å²) >= 11 is 0. The van der Waals surface area contributed by atoms with Crippen molar-refractivity contribution in [3.05, 3.63) is 17.7 Å². The quantitative estimate of drug-likeness (QED) is 0.829. The van der Waals surface area contributed by atoms with Gasteiger partial charge in [0.05, 0.1) is 5.56 Å². The Morgan fingerprint density at radius 1 is 0.875 bits per heavy atom. The van der Waals surface area contributed by atoms with Crippen LogP contribution in [0.2, 0.25) is 0 Å². The second kappa shape index (κ2) is 7.82. The van der Waals surface area contributed by atoms with Gasteiger partial charge in [-0.25, -0.2) is 4.98 Å². The van der Waals surface area contributed by atoms with Crippen molar-refractivity contribution in [2.45, 2.75) is 13.8 Å². The molecule has 0 bridgehead atoms. The van der Waals surface area contributed by atoms with Gasteiger partial charge >= 0.3 is 0 Å².